The summed E-state index contributed by atoms with van der Waals surface area (Å²) in [6.45, 7) is 3.81. The quantitative estimate of drug-likeness (QED) is 0.544. The SMILES string of the molecule is COC(=O)[C@@H]1C[C@@]23C4=C(CC[C@H]5CN6C[C@@H](C)[C@@H](C=C[C@@]52O)[C@]63O)CC[C@@H]41. The number of aliphatic hydroxyl groups is 2. The Kier molecular flexibility index (Phi) is 3.02. The molecular weight excluding hydrogens is 342 g/mol. The van der Waals surface area contributed by atoms with E-state index in [9.17, 15) is 15.0 Å². The highest BCUT2D eigenvalue weighted by atomic mass is 16.5. The molecule has 5 heteroatoms. The highest BCUT2D eigenvalue weighted by Crippen LogP contribution is 2.75. The van der Waals surface area contributed by atoms with Crippen LogP contribution in [0.1, 0.15) is 39.0 Å². The van der Waals surface area contributed by atoms with Crippen LogP contribution in [0.5, 0.6) is 0 Å². The van der Waals surface area contributed by atoms with Gasteiger partial charge >= 0.3 is 5.97 Å². The van der Waals surface area contributed by atoms with Gasteiger partial charge in [0.1, 0.15) is 11.3 Å². The molecule has 1 spiro atoms. The second-order valence-electron chi connectivity index (χ2n) is 9.96. The minimum absolute atomic E-state index is 0.00298. The summed E-state index contributed by atoms with van der Waals surface area (Å²) >= 11 is 0. The molecule has 5 nitrogen and oxygen atoms in total. The van der Waals surface area contributed by atoms with Gasteiger partial charge in [-0.05, 0) is 43.9 Å². The standard InChI is InChI=1S/C22H29NO4/c1-12-10-23-11-14-5-3-13-4-6-15-16(19(24)27-2)9-20(18(13)15)21(14,25)8-7-17(12)22(20,23)26/h7-8,12,14-17,25-26H,3-6,9-11H2,1-2H3/t12-,14+,15-,16-,17-,20-,21-,22-/m1/s1. The highest BCUT2D eigenvalue weighted by Gasteiger charge is 2.80. The van der Waals surface area contributed by atoms with Crippen molar-refractivity contribution in [2.45, 2.75) is 50.4 Å². The van der Waals surface area contributed by atoms with Crippen molar-refractivity contribution in [1.82, 2.24) is 4.90 Å². The van der Waals surface area contributed by atoms with Crippen LogP contribution in [-0.2, 0) is 9.53 Å². The van der Waals surface area contributed by atoms with Crippen LogP contribution in [0.15, 0.2) is 23.3 Å². The van der Waals surface area contributed by atoms with Gasteiger partial charge in [-0.3, -0.25) is 9.69 Å². The summed E-state index contributed by atoms with van der Waals surface area (Å²) in [5, 5.41) is 24.6. The van der Waals surface area contributed by atoms with Crippen molar-refractivity contribution >= 4 is 5.97 Å². The Balaban J connectivity index is 1.67. The summed E-state index contributed by atoms with van der Waals surface area (Å²) < 4.78 is 5.18. The van der Waals surface area contributed by atoms with Crippen molar-refractivity contribution in [1.29, 1.82) is 0 Å². The van der Waals surface area contributed by atoms with Crippen molar-refractivity contribution < 1.29 is 19.7 Å². The zero-order valence-corrected chi connectivity index (χ0v) is 16.1. The lowest BCUT2D eigenvalue weighted by atomic mass is 9.49. The molecule has 0 radical (unpaired) electrons. The Morgan fingerprint density at radius 1 is 1.26 bits per heavy atom. The number of rotatable bonds is 1. The van der Waals surface area contributed by atoms with Gasteiger partial charge in [-0.1, -0.05) is 30.2 Å². The van der Waals surface area contributed by atoms with Crippen LogP contribution in [0, 0.1) is 35.0 Å². The first-order chi connectivity index (χ1) is 12.9. The maximum Gasteiger partial charge on any atom is 0.309 e. The monoisotopic (exact) mass is 371 g/mol. The van der Waals surface area contributed by atoms with Crippen molar-refractivity contribution in [3.63, 3.8) is 0 Å². The lowest BCUT2D eigenvalue weighted by Gasteiger charge is -2.65. The van der Waals surface area contributed by atoms with Crippen LogP contribution in [-0.4, -0.2) is 52.6 Å². The molecule has 0 unspecified atom stereocenters. The van der Waals surface area contributed by atoms with Gasteiger partial charge in [0.15, 0.2) is 0 Å². The third kappa shape index (κ3) is 1.53. The molecule has 2 heterocycles. The number of carbonyl (C=O) groups is 1. The molecule has 0 aromatic rings. The van der Waals surface area contributed by atoms with Crippen LogP contribution >= 0.6 is 0 Å². The highest BCUT2D eigenvalue weighted by molar-refractivity contribution is 5.75. The Morgan fingerprint density at radius 3 is 2.81 bits per heavy atom. The fourth-order valence-corrected chi connectivity index (χ4v) is 8.40. The third-order valence-electron chi connectivity index (χ3n) is 9.28. The Morgan fingerprint density at radius 2 is 2.04 bits per heavy atom. The second kappa shape index (κ2) is 4.87. The van der Waals surface area contributed by atoms with Gasteiger partial charge in [-0.25, -0.2) is 0 Å². The van der Waals surface area contributed by atoms with E-state index in [1.807, 2.05) is 6.08 Å². The van der Waals surface area contributed by atoms with Crippen LogP contribution in [0.25, 0.3) is 0 Å². The summed E-state index contributed by atoms with van der Waals surface area (Å²) in [7, 11) is 1.46. The predicted molar refractivity (Wildman–Crippen MR) is 98.3 cm³/mol. The zero-order chi connectivity index (χ0) is 18.8. The van der Waals surface area contributed by atoms with E-state index in [4.69, 9.17) is 4.74 Å². The van der Waals surface area contributed by atoms with E-state index >= 15 is 0 Å². The van der Waals surface area contributed by atoms with Gasteiger partial charge in [0.25, 0.3) is 0 Å². The maximum atomic E-state index is 12.7. The molecule has 0 aromatic heterocycles. The summed E-state index contributed by atoms with van der Waals surface area (Å²) in [6.07, 6.45) is 8.53. The van der Waals surface area contributed by atoms with E-state index < -0.39 is 16.7 Å². The molecule has 6 aliphatic rings. The largest absolute Gasteiger partial charge is 0.469 e. The van der Waals surface area contributed by atoms with Crippen LogP contribution in [0.4, 0.5) is 0 Å². The third-order valence-corrected chi connectivity index (χ3v) is 9.28. The Bertz CT molecular complexity index is 804. The summed E-state index contributed by atoms with van der Waals surface area (Å²) in [4.78, 5) is 15.0. The number of methoxy groups -OCH3 is 1. The van der Waals surface area contributed by atoms with Crippen LogP contribution in [0.3, 0.4) is 0 Å². The number of hydrogen-bond acceptors (Lipinski definition) is 5. The van der Waals surface area contributed by atoms with E-state index in [2.05, 4.69) is 17.9 Å². The van der Waals surface area contributed by atoms with Gasteiger partial charge in [-0.2, -0.15) is 0 Å². The molecular formula is C22H29NO4. The minimum atomic E-state index is -1.09. The van der Waals surface area contributed by atoms with Crippen molar-refractivity contribution in [3.8, 4) is 0 Å². The number of hydrogen-bond donors (Lipinski definition) is 2. The molecule has 2 N–H and O–H groups in total. The van der Waals surface area contributed by atoms with E-state index in [1.165, 1.54) is 18.3 Å². The number of carbonyl (C=O) groups excluding carboxylic acids is 1. The van der Waals surface area contributed by atoms with Gasteiger partial charge in [0, 0.05) is 24.9 Å². The molecule has 6 rings (SSSR count). The van der Waals surface area contributed by atoms with E-state index in [0.717, 1.165) is 38.8 Å². The fraction of sp³-hybridized carbons (Fsp3) is 0.773. The molecule has 2 saturated heterocycles. The number of piperidine rings is 1. The molecule has 8 atom stereocenters. The minimum Gasteiger partial charge on any atom is -0.469 e. The van der Waals surface area contributed by atoms with Crippen molar-refractivity contribution in [2.75, 3.05) is 20.2 Å². The van der Waals surface area contributed by atoms with E-state index in [-0.39, 0.29) is 29.6 Å². The predicted octanol–water partition coefficient (Wildman–Crippen LogP) is 1.85. The first-order valence-corrected chi connectivity index (χ1v) is 10.6. The number of esters is 1. The second-order valence-corrected chi connectivity index (χ2v) is 9.96. The van der Waals surface area contributed by atoms with E-state index in [1.54, 1.807) is 0 Å². The topological polar surface area (TPSA) is 70.0 Å². The molecule has 3 fully saturated rings. The summed E-state index contributed by atoms with van der Waals surface area (Å²) in [5.41, 5.74) is -0.280. The Hall–Kier alpha value is -1.17. The Labute approximate surface area is 160 Å². The normalized spacial score (nSPS) is 54.9. The van der Waals surface area contributed by atoms with Gasteiger partial charge in [0.05, 0.1) is 18.4 Å². The smallest absolute Gasteiger partial charge is 0.309 e. The average molecular weight is 371 g/mol. The molecule has 4 bridgehead atoms. The number of ether oxygens (including phenoxy) is 1. The summed E-state index contributed by atoms with van der Waals surface area (Å²) in [6, 6.07) is 0. The molecule has 0 amide bonds. The van der Waals surface area contributed by atoms with Gasteiger partial charge < -0.3 is 14.9 Å². The number of nitrogens with zero attached hydrogens (tertiary/aromatic N) is 1. The molecule has 1 saturated carbocycles. The van der Waals surface area contributed by atoms with Crippen molar-refractivity contribution in [3.05, 3.63) is 23.3 Å². The van der Waals surface area contributed by atoms with Crippen molar-refractivity contribution in [2.24, 2.45) is 35.0 Å². The first-order valence-electron chi connectivity index (χ1n) is 10.6. The average Bonchev–Trinajstić information content (AvgIpc) is 3.26. The van der Waals surface area contributed by atoms with E-state index in [0.29, 0.717) is 12.3 Å². The fourth-order valence-electron chi connectivity index (χ4n) is 8.40. The van der Waals surface area contributed by atoms with Gasteiger partial charge in [0.2, 0.25) is 0 Å². The summed E-state index contributed by atoms with van der Waals surface area (Å²) in [5.74, 6) is 0.130. The van der Waals surface area contributed by atoms with Crippen LogP contribution in [0.2, 0.25) is 0 Å². The maximum absolute atomic E-state index is 12.7. The van der Waals surface area contributed by atoms with Gasteiger partial charge in [-0.15, -0.1) is 0 Å². The zero-order valence-electron chi connectivity index (χ0n) is 16.1. The molecule has 27 heavy (non-hydrogen) atoms. The lowest BCUT2D eigenvalue weighted by Crippen LogP contribution is -2.76. The number of allylic oxidation sites excluding steroid dienone is 1. The lowest BCUT2D eigenvalue weighted by molar-refractivity contribution is -0.284. The molecule has 0 aromatic carbocycles. The first kappa shape index (κ1) is 16.8. The van der Waals surface area contributed by atoms with Crippen LogP contribution < -0.4 is 0 Å². The molecule has 146 valence electrons. The molecule has 4 aliphatic carbocycles. The molecule has 2 aliphatic heterocycles.